The zero-order valence-electron chi connectivity index (χ0n) is 17.7. The second-order valence-corrected chi connectivity index (χ2v) is 8.60. The van der Waals surface area contributed by atoms with Crippen LogP contribution in [0.15, 0.2) is 36.4 Å². The van der Waals surface area contributed by atoms with Crippen LogP contribution in [-0.2, 0) is 4.79 Å². The number of carbonyl (C=O) groups is 3. The Morgan fingerprint density at radius 3 is 2.59 bits per heavy atom. The van der Waals surface area contributed by atoms with Gasteiger partial charge in [-0.25, -0.2) is 14.5 Å². The van der Waals surface area contributed by atoms with Crippen LogP contribution in [-0.4, -0.2) is 57.4 Å². The van der Waals surface area contributed by atoms with Crippen molar-refractivity contribution in [3.05, 3.63) is 62.7 Å². The molecule has 2 bridgehead atoms. The first-order valence-electron chi connectivity index (χ1n) is 10.3. The highest BCUT2D eigenvalue weighted by Crippen LogP contribution is 2.44. The summed E-state index contributed by atoms with van der Waals surface area (Å²) in [5.41, 5.74) is 0.838. The van der Waals surface area contributed by atoms with Crippen LogP contribution >= 0.6 is 11.6 Å². The fraction of sp³-hybridized carbons (Fsp3) is 0.273. The Kier molecular flexibility index (Phi) is 4.91. The number of hydrogen-bond acceptors (Lipinski definition) is 7. The molecule has 0 spiro atoms. The third-order valence-corrected chi connectivity index (χ3v) is 6.96. The smallest absolute Gasteiger partial charge is 0.410 e. The van der Waals surface area contributed by atoms with Gasteiger partial charge in [0.15, 0.2) is 0 Å². The van der Waals surface area contributed by atoms with Gasteiger partial charge < -0.3 is 14.5 Å². The van der Waals surface area contributed by atoms with Crippen LogP contribution in [0.1, 0.15) is 17.5 Å². The zero-order valence-corrected chi connectivity index (χ0v) is 18.4. The van der Waals surface area contributed by atoms with Crippen molar-refractivity contribution in [2.24, 2.45) is 0 Å². The van der Waals surface area contributed by atoms with Crippen LogP contribution in [0.25, 0.3) is 0 Å². The molecule has 0 saturated carbocycles. The monoisotopic (exact) mass is 481 g/mol. The van der Waals surface area contributed by atoms with Gasteiger partial charge >= 0.3 is 12.1 Å². The second-order valence-electron chi connectivity index (χ2n) is 8.22. The number of imide groups is 1. The first-order valence-corrected chi connectivity index (χ1v) is 10.7. The van der Waals surface area contributed by atoms with Gasteiger partial charge in [-0.15, -0.1) is 0 Å². The average molecular weight is 482 g/mol. The molecule has 0 radical (unpaired) electrons. The van der Waals surface area contributed by atoms with E-state index < -0.39 is 35.0 Å². The average Bonchev–Trinajstić information content (AvgIpc) is 3.48. The number of non-ortho nitro benzene ring substituents is 1. The number of ether oxygens (including phenoxy) is 1. The van der Waals surface area contributed by atoms with E-state index in [-0.39, 0.29) is 34.6 Å². The van der Waals surface area contributed by atoms with Crippen molar-refractivity contribution in [1.29, 1.82) is 5.26 Å². The lowest BCUT2D eigenvalue weighted by molar-refractivity contribution is -0.384. The van der Waals surface area contributed by atoms with E-state index in [2.05, 4.69) is 0 Å². The fourth-order valence-corrected chi connectivity index (χ4v) is 5.09. The Hall–Kier alpha value is -4.17. The van der Waals surface area contributed by atoms with E-state index in [1.165, 1.54) is 46.2 Å². The standard InChI is InChI=1S/C22H16ClN5O6/c1-11-16(7-2-12(9-24)18(11)23)27-20(29)19-17-8-14(26(19)21(27)30)10-25(17)22(31)34-15-5-3-13(4-6-15)28(32)33/h2-7,14,17,19H,8,10H2,1H3/t14-,17?,19?/m1/s1. The van der Waals surface area contributed by atoms with E-state index >= 15 is 0 Å². The SMILES string of the molecule is Cc1c(N2C(=O)C3C4C[C@H](CN4C(=O)Oc4ccc([N+](=O)[O-])cc4)N3C2=O)ccc(C#N)c1Cl. The predicted octanol–water partition coefficient (Wildman–Crippen LogP) is 3.22. The summed E-state index contributed by atoms with van der Waals surface area (Å²) in [6.45, 7) is 1.83. The Labute approximate surface area is 197 Å². The van der Waals surface area contributed by atoms with Crippen LogP contribution in [0.3, 0.4) is 0 Å². The molecule has 3 atom stereocenters. The summed E-state index contributed by atoms with van der Waals surface area (Å²) in [6, 6.07) is 7.76. The third-order valence-electron chi connectivity index (χ3n) is 6.47. The van der Waals surface area contributed by atoms with Crippen molar-refractivity contribution in [3.8, 4) is 11.8 Å². The van der Waals surface area contributed by atoms with E-state index in [1.807, 2.05) is 6.07 Å². The van der Waals surface area contributed by atoms with Crippen molar-refractivity contribution in [1.82, 2.24) is 9.80 Å². The topological polar surface area (TPSA) is 137 Å². The molecule has 2 aromatic rings. The molecule has 0 N–H and O–H groups in total. The van der Waals surface area contributed by atoms with E-state index in [0.29, 0.717) is 17.7 Å². The van der Waals surface area contributed by atoms with Crippen LogP contribution in [0.4, 0.5) is 21.0 Å². The normalized spacial score (nSPS) is 22.7. The summed E-state index contributed by atoms with van der Waals surface area (Å²) in [4.78, 5) is 53.6. The molecule has 11 nitrogen and oxygen atoms in total. The molecular weight excluding hydrogens is 466 g/mol. The van der Waals surface area contributed by atoms with Gasteiger partial charge in [-0.1, -0.05) is 11.6 Å². The highest BCUT2D eigenvalue weighted by Gasteiger charge is 2.63. The molecule has 5 rings (SSSR count). The number of nitro benzene ring substituents is 1. The molecular formula is C22H16ClN5O6. The van der Waals surface area contributed by atoms with E-state index in [1.54, 1.807) is 6.92 Å². The Morgan fingerprint density at radius 1 is 1.24 bits per heavy atom. The Balaban J connectivity index is 1.37. The van der Waals surface area contributed by atoms with Crippen molar-refractivity contribution in [2.75, 3.05) is 11.4 Å². The van der Waals surface area contributed by atoms with E-state index in [9.17, 15) is 24.5 Å². The summed E-state index contributed by atoms with van der Waals surface area (Å²) in [5.74, 6) is -0.345. The number of fused-ring (bicyclic) bond motifs is 5. The summed E-state index contributed by atoms with van der Waals surface area (Å²) < 4.78 is 5.36. The van der Waals surface area contributed by atoms with Crippen molar-refractivity contribution in [3.63, 3.8) is 0 Å². The number of benzene rings is 2. The summed E-state index contributed by atoms with van der Waals surface area (Å²) in [7, 11) is 0. The molecule has 0 aromatic heterocycles. The van der Waals surface area contributed by atoms with Crippen molar-refractivity contribution in [2.45, 2.75) is 31.5 Å². The molecule has 34 heavy (non-hydrogen) atoms. The lowest BCUT2D eigenvalue weighted by Gasteiger charge is -2.34. The number of hydrogen-bond donors (Lipinski definition) is 0. The van der Waals surface area contributed by atoms with Crippen LogP contribution in [0.5, 0.6) is 5.75 Å². The van der Waals surface area contributed by atoms with Crippen LogP contribution in [0.2, 0.25) is 5.02 Å². The molecule has 3 heterocycles. The first kappa shape index (κ1) is 21.7. The zero-order chi connectivity index (χ0) is 24.3. The third kappa shape index (κ3) is 3.07. The van der Waals surface area contributed by atoms with E-state index in [4.69, 9.17) is 21.6 Å². The summed E-state index contributed by atoms with van der Waals surface area (Å²) >= 11 is 6.24. The maximum Gasteiger partial charge on any atom is 0.415 e. The van der Waals surface area contributed by atoms with Gasteiger partial charge in [-0.2, -0.15) is 5.26 Å². The van der Waals surface area contributed by atoms with E-state index in [0.717, 1.165) is 4.90 Å². The van der Waals surface area contributed by atoms with Crippen molar-refractivity contribution < 1.29 is 24.0 Å². The highest BCUT2D eigenvalue weighted by molar-refractivity contribution is 6.33. The molecule has 4 amide bonds. The number of halogens is 1. The largest absolute Gasteiger partial charge is 0.415 e. The number of nitriles is 1. The Morgan fingerprint density at radius 2 is 1.94 bits per heavy atom. The molecule has 3 saturated heterocycles. The van der Waals surface area contributed by atoms with Gasteiger partial charge in [0.2, 0.25) is 0 Å². The molecule has 0 aliphatic carbocycles. The molecule has 3 fully saturated rings. The highest BCUT2D eigenvalue weighted by atomic mass is 35.5. The van der Waals surface area contributed by atoms with Crippen LogP contribution in [0, 0.1) is 28.4 Å². The van der Waals surface area contributed by atoms with Gasteiger partial charge in [-0.3, -0.25) is 14.9 Å². The number of amides is 4. The molecule has 2 unspecified atom stereocenters. The number of nitro groups is 1. The lowest BCUT2D eigenvalue weighted by Crippen LogP contribution is -2.55. The minimum Gasteiger partial charge on any atom is -0.410 e. The molecule has 2 aromatic carbocycles. The lowest BCUT2D eigenvalue weighted by atomic mass is 10.1. The van der Waals surface area contributed by atoms with Crippen LogP contribution < -0.4 is 9.64 Å². The number of rotatable bonds is 3. The number of anilines is 1. The van der Waals surface area contributed by atoms with Gasteiger partial charge in [0, 0.05) is 18.7 Å². The van der Waals surface area contributed by atoms with Crippen molar-refractivity contribution >= 4 is 41.0 Å². The number of likely N-dealkylation sites (tertiary alicyclic amines) is 1. The predicted molar refractivity (Wildman–Crippen MR) is 117 cm³/mol. The van der Waals surface area contributed by atoms with Gasteiger partial charge in [-0.05, 0) is 43.2 Å². The first-order chi connectivity index (χ1) is 16.2. The minimum atomic E-state index is -0.857. The molecule has 172 valence electrons. The fourth-order valence-electron chi connectivity index (χ4n) is 4.89. The Bertz CT molecular complexity index is 1310. The van der Waals surface area contributed by atoms with Gasteiger partial charge in [0.05, 0.1) is 33.3 Å². The van der Waals surface area contributed by atoms with Gasteiger partial charge in [0.1, 0.15) is 17.9 Å². The maximum absolute atomic E-state index is 13.3. The second kappa shape index (κ2) is 7.71. The van der Waals surface area contributed by atoms with Gasteiger partial charge in [0.25, 0.3) is 11.6 Å². The maximum atomic E-state index is 13.3. The quantitative estimate of drug-likeness (QED) is 0.372. The molecule has 3 aliphatic rings. The molecule has 3 aliphatic heterocycles. The summed E-state index contributed by atoms with van der Waals surface area (Å²) in [6.07, 6.45) is -0.254. The number of carbonyl (C=O) groups excluding carboxylic acids is 3. The molecule has 12 heteroatoms. The number of nitrogens with zero attached hydrogens (tertiary/aromatic N) is 5. The number of urea groups is 1. The number of piperazine rings is 1. The summed E-state index contributed by atoms with van der Waals surface area (Å²) in [5, 5.41) is 20.1. The minimum absolute atomic E-state index is 0.133.